The molecule has 32 heavy (non-hydrogen) atoms. The molecule has 0 radical (unpaired) electrons. The van der Waals surface area contributed by atoms with Crippen molar-refractivity contribution < 1.29 is 4.42 Å². The molecule has 0 spiro atoms. The van der Waals surface area contributed by atoms with Crippen LogP contribution in [-0.4, -0.2) is 38.6 Å². The van der Waals surface area contributed by atoms with Crippen molar-refractivity contribution in [2.75, 3.05) is 39.5 Å². The third-order valence-electron chi connectivity index (χ3n) is 6.02. The Morgan fingerprint density at radius 3 is 2.38 bits per heavy atom. The van der Waals surface area contributed by atoms with Crippen LogP contribution in [0.3, 0.4) is 0 Å². The molecule has 0 aromatic heterocycles. The Balaban J connectivity index is 1.97. The first-order valence-corrected chi connectivity index (χ1v) is 11.4. The summed E-state index contributed by atoms with van der Waals surface area (Å²) in [6.07, 6.45) is 1.12. The van der Waals surface area contributed by atoms with Gasteiger partial charge in [-0.15, -0.1) is 0 Å². The zero-order chi connectivity index (χ0) is 22.8. The highest BCUT2D eigenvalue weighted by atomic mass is 16.3. The van der Waals surface area contributed by atoms with E-state index in [0.29, 0.717) is 5.69 Å². The fourth-order valence-corrected chi connectivity index (χ4v) is 4.57. The molecule has 2 aromatic rings. The summed E-state index contributed by atoms with van der Waals surface area (Å²) in [5.74, 6) is 0.890. The molecule has 1 aliphatic heterocycles. The quantitative estimate of drug-likeness (QED) is 0.262. The van der Waals surface area contributed by atoms with E-state index in [1.807, 2.05) is 12.1 Å². The minimum Gasteiger partial charge on any atom is -0.456 e. The third kappa shape index (κ3) is 4.56. The predicted molar refractivity (Wildman–Crippen MR) is 136 cm³/mol. The highest BCUT2D eigenvalue weighted by molar-refractivity contribution is 6.02. The second kappa shape index (κ2) is 9.17. The Morgan fingerprint density at radius 1 is 0.938 bits per heavy atom. The minimum atomic E-state index is 0.710. The number of nitrogens with two attached hydrogens (primary N) is 1. The van der Waals surface area contributed by atoms with Gasteiger partial charge in [-0.25, -0.2) is 4.58 Å². The average Bonchev–Trinajstić information content (AvgIpc) is 2.73. The van der Waals surface area contributed by atoms with Gasteiger partial charge < -0.3 is 15.1 Å². The molecule has 166 valence electrons. The summed E-state index contributed by atoms with van der Waals surface area (Å²) in [6.45, 7) is 9.57. The highest BCUT2D eigenvalue weighted by Crippen LogP contribution is 2.40. The van der Waals surface area contributed by atoms with Crippen molar-refractivity contribution in [3.8, 4) is 22.5 Å². The maximum atomic E-state index is 6.41. The van der Waals surface area contributed by atoms with Gasteiger partial charge in [0.05, 0.1) is 6.07 Å². The smallest absolute Gasteiger partial charge is 0.203 e. The molecule has 0 bridgehead atoms. The van der Waals surface area contributed by atoms with Gasteiger partial charge >= 0.3 is 0 Å². The fourth-order valence-electron chi connectivity index (χ4n) is 4.57. The highest BCUT2D eigenvalue weighted by Gasteiger charge is 2.19. The number of benzene rings is 3. The van der Waals surface area contributed by atoms with Crippen LogP contribution in [0.5, 0.6) is 0 Å². The minimum absolute atomic E-state index is 0.710. The largest absolute Gasteiger partial charge is 0.456 e. The van der Waals surface area contributed by atoms with Crippen LogP contribution in [0.2, 0.25) is 0 Å². The number of fused-ring (bicyclic) bond motifs is 2. The molecule has 1 heterocycles. The van der Waals surface area contributed by atoms with Crippen LogP contribution in [0.25, 0.3) is 33.4 Å². The molecule has 0 saturated carbocycles. The standard InChI is InChI=1S/C28H33N3O/c1-6-31(13-7-12-30(4)5)23-9-11-25-27(18-23)32-26-17-22(29)8-10-24(26)28(25)21-15-19(2)14-20(3)16-21/h8-11,14-18,29H,6-7,12-13H2,1-5H3/p+1. The Labute approximate surface area is 191 Å². The summed E-state index contributed by atoms with van der Waals surface area (Å²) in [4.78, 5) is 2.23. The van der Waals surface area contributed by atoms with Crippen molar-refractivity contribution in [3.05, 3.63) is 71.1 Å². The Kier molecular flexibility index (Phi) is 6.33. The Bertz CT molecular complexity index is 1280. The van der Waals surface area contributed by atoms with Gasteiger partial charge in [0.1, 0.15) is 24.4 Å². The van der Waals surface area contributed by atoms with E-state index in [4.69, 9.17) is 10.2 Å². The van der Waals surface area contributed by atoms with Crippen LogP contribution in [0, 0.1) is 13.8 Å². The van der Waals surface area contributed by atoms with E-state index < -0.39 is 0 Å². The number of rotatable bonds is 6. The van der Waals surface area contributed by atoms with Gasteiger partial charge in [-0.05, 0) is 58.6 Å². The van der Waals surface area contributed by atoms with E-state index in [1.54, 1.807) is 0 Å². The van der Waals surface area contributed by atoms with Crippen LogP contribution in [0.15, 0.2) is 59.0 Å². The van der Waals surface area contributed by atoms with Gasteiger partial charge in [0.25, 0.3) is 0 Å². The van der Waals surface area contributed by atoms with E-state index >= 15 is 0 Å². The summed E-state index contributed by atoms with van der Waals surface area (Å²) in [5.41, 5.74) is 13.7. The molecule has 2 N–H and O–H groups in total. The maximum Gasteiger partial charge on any atom is 0.203 e. The number of nitrogens with zero attached hydrogens (tertiary/aromatic N) is 2. The Morgan fingerprint density at radius 2 is 1.69 bits per heavy atom. The summed E-state index contributed by atoms with van der Waals surface area (Å²) in [5, 5.41) is 2.28. The third-order valence-corrected chi connectivity index (χ3v) is 6.02. The first-order chi connectivity index (χ1) is 15.4. The molecular weight excluding hydrogens is 394 g/mol. The number of anilines is 1. The molecule has 1 aliphatic carbocycles. The zero-order valence-corrected chi connectivity index (χ0v) is 19.9. The molecule has 2 aliphatic rings. The lowest BCUT2D eigenvalue weighted by molar-refractivity contribution is 0.387. The van der Waals surface area contributed by atoms with Gasteiger partial charge in [0.15, 0.2) is 0 Å². The number of aryl methyl sites for hydroxylation is 2. The van der Waals surface area contributed by atoms with Crippen molar-refractivity contribution >= 4 is 16.7 Å². The molecule has 0 fully saturated rings. The van der Waals surface area contributed by atoms with Crippen molar-refractivity contribution in [2.45, 2.75) is 27.2 Å². The van der Waals surface area contributed by atoms with Gasteiger partial charge in [0.2, 0.25) is 5.36 Å². The van der Waals surface area contributed by atoms with Crippen LogP contribution in [-0.2, 0) is 0 Å². The molecule has 4 nitrogen and oxygen atoms in total. The monoisotopic (exact) mass is 428 g/mol. The molecule has 0 amide bonds. The molecular formula is C28H34N3O+. The normalized spacial score (nSPS) is 12.7. The second-order valence-corrected chi connectivity index (χ2v) is 9.03. The van der Waals surface area contributed by atoms with E-state index in [2.05, 4.69) is 86.8 Å². The van der Waals surface area contributed by atoms with Crippen LogP contribution >= 0.6 is 0 Å². The van der Waals surface area contributed by atoms with Crippen LogP contribution in [0.4, 0.5) is 5.69 Å². The fraction of sp³-hybridized carbons (Fsp3) is 0.321. The van der Waals surface area contributed by atoms with Crippen molar-refractivity contribution in [2.24, 2.45) is 0 Å². The number of nitrogen functional groups attached to an aromatic ring is 1. The van der Waals surface area contributed by atoms with Gasteiger partial charge in [-0.3, -0.25) is 0 Å². The summed E-state index contributed by atoms with van der Waals surface area (Å²) in [6, 6.07) is 19.3. The summed E-state index contributed by atoms with van der Waals surface area (Å²) >= 11 is 0. The van der Waals surface area contributed by atoms with Crippen molar-refractivity contribution in [3.63, 3.8) is 0 Å². The molecule has 0 saturated heterocycles. The molecule has 4 rings (SSSR count). The maximum absolute atomic E-state index is 6.41. The van der Waals surface area contributed by atoms with E-state index in [1.165, 1.54) is 27.6 Å². The van der Waals surface area contributed by atoms with Gasteiger partial charge in [0, 0.05) is 47.3 Å². The van der Waals surface area contributed by atoms with Crippen molar-refractivity contribution in [1.82, 2.24) is 9.48 Å². The second-order valence-electron chi connectivity index (χ2n) is 9.03. The molecule has 0 unspecified atom stereocenters. The van der Waals surface area contributed by atoms with E-state index in [-0.39, 0.29) is 0 Å². The number of hydrogen-bond donors (Lipinski definition) is 1. The van der Waals surface area contributed by atoms with E-state index in [9.17, 15) is 0 Å². The van der Waals surface area contributed by atoms with Crippen LogP contribution < -0.4 is 15.7 Å². The predicted octanol–water partition coefficient (Wildman–Crippen LogP) is 5.15. The average molecular weight is 429 g/mol. The number of hydrogen-bond acceptors (Lipinski definition) is 3. The lowest BCUT2D eigenvalue weighted by Crippen LogP contribution is -2.32. The van der Waals surface area contributed by atoms with E-state index in [0.717, 1.165) is 48.3 Å². The molecule has 4 heteroatoms. The van der Waals surface area contributed by atoms with Gasteiger partial charge in [-0.1, -0.05) is 29.3 Å². The summed E-state index contributed by atoms with van der Waals surface area (Å²) in [7, 11) is 4.24. The van der Waals surface area contributed by atoms with Crippen LogP contribution in [0.1, 0.15) is 24.5 Å². The molecule has 2 aromatic carbocycles. The first kappa shape index (κ1) is 22.1. The van der Waals surface area contributed by atoms with Crippen molar-refractivity contribution in [1.29, 1.82) is 0 Å². The Hall–Kier alpha value is -3.11. The first-order valence-electron chi connectivity index (χ1n) is 11.4. The van der Waals surface area contributed by atoms with Gasteiger partial charge in [-0.2, -0.15) is 0 Å². The lowest BCUT2D eigenvalue weighted by Gasteiger charge is -2.16. The molecule has 0 atom stereocenters. The SMILES string of the molecule is CC[N+](CCCN(C)C)=c1ccc2c(-c3cc(C)cc(C)c3)c3ccc(N)cc3oc-2c1. The zero-order valence-electron chi connectivity index (χ0n) is 19.9. The topological polar surface area (TPSA) is 45.4 Å². The summed E-state index contributed by atoms with van der Waals surface area (Å²) < 4.78 is 8.83. The lowest BCUT2D eigenvalue weighted by atomic mass is 9.92.